The number of carbonyl (C=O) groups is 2. The van der Waals surface area contributed by atoms with Gasteiger partial charge in [0.25, 0.3) is 0 Å². The molecule has 0 radical (unpaired) electrons. The molecule has 1 unspecified atom stereocenters. The Morgan fingerprint density at radius 2 is 1.67 bits per heavy atom. The highest BCUT2D eigenvalue weighted by Crippen LogP contribution is 2.11. The molecular weight excluding hydrogens is 264 g/mol. The van der Waals surface area contributed by atoms with Gasteiger partial charge in [-0.25, -0.2) is 9.98 Å². The lowest BCUT2D eigenvalue weighted by atomic mass is 10.0. The van der Waals surface area contributed by atoms with E-state index in [1.54, 1.807) is 12.4 Å². The highest BCUT2D eigenvalue weighted by molar-refractivity contribution is 5.86. The Morgan fingerprint density at radius 1 is 1.00 bits per heavy atom. The first-order valence-corrected chi connectivity index (χ1v) is 8.24. The normalized spacial score (nSPS) is 13.0. The zero-order valence-electron chi connectivity index (χ0n) is 13.6. The summed E-state index contributed by atoms with van der Waals surface area (Å²) in [6, 6.07) is 0. The van der Waals surface area contributed by atoms with Gasteiger partial charge in [-0.3, -0.25) is 9.59 Å². The molecule has 0 aromatic heterocycles. The maximum absolute atomic E-state index is 11.8. The maximum Gasteiger partial charge on any atom is 0.248 e. The molecule has 0 spiro atoms. The first-order chi connectivity index (χ1) is 10.2. The van der Waals surface area contributed by atoms with Gasteiger partial charge in [0.1, 0.15) is 0 Å². The molecule has 0 saturated carbocycles. The third-order valence-corrected chi connectivity index (χ3v) is 3.46. The molecule has 4 heteroatoms. The molecule has 1 atom stereocenters. The van der Waals surface area contributed by atoms with E-state index in [1.165, 1.54) is 19.3 Å². The average Bonchev–Trinajstić information content (AvgIpc) is 2.49. The number of aliphatic imine (C=N–C) groups is 2. The number of carbonyl (C=O) groups excluding carboxylic acids is 2. The number of rotatable bonds is 13. The Bertz CT molecular complexity index is 325. The van der Waals surface area contributed by atoms with Gasteiger partial charge in [0.15, 0.2) is 0 Å². The van der Waals surface area contributed by atoms with E-state index in [0.29, 0.717) is 6.41 Å². The van der Waals surface area contributed by atoms with Crippen LogP contribution in [0, 0.1) is 5.92 Å². The van der Waals surface area contributed by atoms with Crippen LogP contribution in [0.15, 0.2) is 9.98 Å². The number of hydrogen-bond acceptors (Lipinski definition) is 2. The van der Waals surface area contributed by atoms with Crippen molar-refractivity contribution in [3.05, 3.63) is 0 Å². The summed E-state index contributed by atoms with van der Waals surface area (Å²) in [4.78, 5) is 29.3. The third-order valence-electron chi connectivity index (χ3n) is 3.46. The van der Waals surface area contributed by atoms with Crippen molar-refractivity contribution in [2.75, 3.05) is 0 Å². The standard InChI is InChI=1S/C17H30N2O2/c1-3-4-5-7-11-14-19-17(21)16(2)12-9-6-8-10-13-18-15-20/h13-16H,3-12H2,1-2H3. The van der Waals surface area contributed by atoms with Crippen LogP contribution in [0.1, 0.15) is 78.1 Å². The van der Waals surface area contributed by atoms with Gasteiger partial charge in [-0.1, -0.05) is 46.0 Å². The minimum Gasteiger partial charge on any atom is -0.276 e. The van der Waals surface area contributed by atoms with Crippen LogP contribution in [0.2, 0.25) is 0 Å². The summed E-state index contributed by atoms with van der Waals surface area (Å²) in [5.41, 5.74) is 0. The second kappa shape index (κ2) is 15.1. The lowest BCUT2D eigenvalue weighted by Gasteiger charge is -2.06. The van der Waals surface area contributed by atoms with Crippen LogP contribution in [0.3, 0.4) is 0 Å². The van der Waals surface area contributed by atoms with Crippen molar-refractivity contribution < 1.29 is 9.59 Å². The number of amides is 2. The maximum atomic E-state index is 11.8. The molecule has 0 saturated heterocycles. The van der Waals surface area contributed by atoms with E-state index >= 15 is 0 Å². The van der Waals surface area contributed by atoms with Crippen molar-refractivity contribution in [1.82, 2.24) is 0 Å². The van der Waals surface area contributed by atoms with Gasteiger partial charge < -0.3 is 0 Å². The minimum absolute atomic E-state index is 0.00742. The lowest BCUT2D eigenvalue weighted by Crippen LogP contribution is -2.08. The van der Waals surface area contributed by atoms with Crippen molar-refractivity contribution in [2.24, 2.45) is 15.9 Å². The second-order valence-corrected chi connectivity index (χ2v) is 5.48. The predicted molar refractivity (Wildman–Crippen MR) is 89.1 cm³/mol. The second-order valence-electron chi connectivity index (χ2n) is 5.48. The molecule has 0 fully saturated rings. The van der Waals surface area contributed by atoms with Crippen molar-refractivity contribution >= 4 is 24.7 Å². The van der Waals surface area contributed by atoms with E-state index in [0.717, 1.165) is 44.9 Å². The fourth-order valence-corrected chi connectivity index (χ4v) is 2.05. The van der Waals surface area contributed by atoms with Crippen LogP contribution in [0.5, 0.6) is 0 Å². The van der Waals surface area contributed by atoms with Crippen LogP contribution >= 0.6 is 0 Å². The number of nitrogens with zero attached hydrogens (tertiary/aromatic N) is 2. The van der Waals surface area contributed by atoms with E-state index in [9.17, 15) is 9.59 Å². The molecule has 0 aliphatic rings. The Balaban J connectivity index is 3.58. The van der Waals surface area contributed by atoms with Crippen LogP contribution in [-0.2, 0) is 9.59 Å². The summed E-state index contributed by atoms with van der Waals surface area (Å²) in [5.74, 6) is 0.0218. The van der Waals surface area contributed by atoms with Gasteiger partial charge in [0.2, 0.25) is 12.3 Å². The molecule has 0 bridgehead atoms. The highest BCUT2D eigenvalue weighted by Gasteiger charge is 2.10. The van der Waals surface area contributed by atoms with Gasteiger partial charge in [-0.05, 0) is 32.1 Å². The quantitative estimate of drug-likeness (QED) is 0.288. The SMILES string of the molecule is CCCCCCC=NC(=O)C(C)CCCCCC=NC=O. The van der Waals surface area contributed by atoms with E-state index < -0.39 is 0 Å². The van der Waals surface area contributed by atoms with E-state index in [4.69, 9.17) is 0 Å². The molecule has 0 aliphatic heterocycles. The smallest absolute Gasteiger partial charge is 0.248 e. The molecule has 4 nitrogen and oxygen atoms in total. The zero-order valence-corrected chi connectivity index (χ0v) is 13.6. The molecule has 120 valence electrons. The summed E-state index contributed by atoms with van der Waals surface area (Å²) in [6.07, 6.45) is 14.5. The van der Waals surface area contributed by atoms with Gasteiger partial charge in [-0.15, -0.1) is 0 Å². The summed E-state index contributed by atoms with van der Waals surface area (Å²) < 4.78 is 0. The summed E-state index contributed by atoms with van der Waals surface area (Å²) in [6.45, 7) is 4.14. The first-order valence-electron chi connectivity index (χ1n) is 8.24. The first kappa shape index (κ1) is 19.7. The van der Waals surface area contributed by atoms with Crippen molar-refractivity contribution in [3.63, 3.8) is 0 Å². The van der Waals surface area contributed by atoms with Crippen LogP contribution in [0.4, 0.5) is 0 Å². The summed E-state index contributed by atoms with van der Waals surface area (Å²) in [7, 11) is 0. The predicted octanol–water partition coefficient (Wildman–Crippen LogP) is 4.37. The number of hydrogen-bond donors (Lipinski definition) is 0. The molecule has 0 aromatic carbocycles. The van der Waals surface area contributed by atoms with Gasteiger partial charge in [0.05, 0.1) is 0 Å². The van der Waals surface area contributed by atoms with Gasteiger partial charge in [0, 0.05) is 18.3 Å². The topological polar surface area (TPSA) is 58.9 Å². The largest absolute Gasteiger partial charge is 0.276 e. The fourth-order valence-electron chi connectivity index (χ4n) is 2.05. The summed E-state index contributed by atoms with van der Waals surface area (Å²) in [5, 5.41) is 0. The Hall–Kier alpha value is -1.32. The Kier molecular flexibility index (Phi) is 14.1. The van der Waals surface area contributed by atoms with Gasteiger partial charge in [-0.2, -0.15) is 0 Å². The molecule has 0 heterocycles. The van der Waals surface area contributed by atoms with Crippen LogP contribution < -0.4 is 0 Å². The van der Waals surface area contributed by atoms with Crippen molar-refractivity contribution in [1.29, 1.82) is 0 Å². The van der Waals surface area contributed by atoms with Crippen LogP contribution in [-0.4, -0.2) is 24.7 Å². The van der Waals surface area contributed by atoms with Crippen LogP contribution in [0.25, 0.3) is 0 Å². The zero-order chi connectivity index (χ0) is 15.8. The average molecular weight is 294 g/mol. The molecular formula is C17H30N2O2. The Morgan fingerprint density at radius 3 is 2.33 bits per heavy atom. The molecule has 0 N–H and O–H groups in total. The monoisotopic (exact) mass is 294 g/mol. The Labute approximate surface area is 129 Å². The van der Waals surface area contributed by atoms with E-state index in [-0.39, 0.29) is 11.8 Å². The fraction of sp³-hybridized carbons (Fsp3) is 0.765. The molecule has 21 heavy (non-hydrogen) atoms. The van der Waals surface area contributed by atoms with Crippen molar-refractivity contribution in [3.8, 4) is 0 Å². The molecule has 0 aromatic rings. The highest BCUT2D eigenvalue weighted by atomic mass is 16.1. The number of unbranched alkanes of at least 4 members (excludes halogenated alkanes) is 7. The molecule has 0 rings (SSSR count). The van der Waals surface area contributed by atoms with E-state index in [2.05, 4.69) is 16.9 Å². The summed E-state index contributed by atoms with van der Waals surface area (Å²) >= 11 is 0. The molecule has 2 amide bonds. The minimum atomic E-state index is 0.00742. The lowest BCUT2D eigenvalue weighted by molar-refractivity contribution is -0.121. The van der Waals surface area contributed by atoms with Crippen molar-refractivity contribution in [2.45, 2.75) is 78.1 Å². The molecule has 0 aliphatic carbocycles. The van der Waals surface area contributed by atoms with E-state index in [1.807, 2.05) is 6.92 Å². The van der Waals surface area contributed by atoms with Gasteiger partial charge >= 0.3 is 0 Å². The third kappa shape index (κ3) is 13.4.